The monoisotopic (exact) mass is 289 g/mol. The number of hydrogen-bond donors (Lipinski definition) is 1. The molecule has 0 aromatic heterocycles. The van der Waals surface area contributed by atoms with E-state index < -0.39 is 0 Å². The zero-order chi connectivity index (χ0) is 15.2. The third-order valence-electron chi connectivity index (χ3n) is 3.90. The molecule has 0 bridgehead atoms. The van der Waals surface area contributed by atoms with Crippen molar-refractivity contribution in [1.82, 2.24) is 10.2 Å². The van der Waals surface area contributed by atoms with Crippen LogP contribution in [-0.2, 0) is 9.59 Å². The van der Waals surface area contributed by atoms with Gasteiger partial charge in [-0.1, -0.05) is 25.1 Å². The zero-order valence-corrected chi connectivity index (χ0v) is 12.7. The quantitative estimate of drug-likeness (QED) is 0.853. The Balaban J connectivity index is 1.86. The van der Waals surface area contributed by atoms with Gasteiger partial charge in [-0.15, -0.1) is 0 Å². The fourth-order valence-electron chi connectivity index (χ4n) is 2.41. The first-order valence-electron chi connectivity index (χ1n) is 7.43. The molecule has 5 heteroatoms. The van der Waals surface area contributed by atoms with Crippen molar-refractivity contribution >= 4 is 17.5 Å². The summed E-state index contributed by atoms with van der Waals surface area (Å²) in [4.78, 5) is 28.0. The first-order chi connectivity index (χ1) is 10.1. The maximum Gasteiger partial charge on any atom is 0.227 e. The molecule has 114 valence electrons. The van der Waals surface area contributed by atoms with Gasteiger partial charge in [-0.05, 0) is 25.7 Å². The van der Waals surface area contributed by atoms with Crippen molar-refractivity contribution in [3.8, 4) is 0 Å². The molecule has 5 nitrogen and oxygen atoms in total. The summed E-state index contributed by atoms with van der Waals surface area (Å²) in [6.45, 7) is 4.96. The second-order valence-electron chi connectivity index (χ2n) is 5.43. The lowest BCUT2D eigenvalue weighted by Crippen LogP contribution is -2.37. The standard InChI is InChI=1S/C16H23N3O2/c1-3-18(2)10-9-17-16(21)13-11-15(20)19(12-13)14-7-5-4-6-8-14/h4-8,13H,3,9-12H2,1-2H3,(H,17,21). The van der Waals surface area contributed by atoms with Crippen LogP contribution in [0.3, 0.4) is 0 Å². The Hall–Kier alpha value is -1.88. The van der Waals surface area contributed by atoms with E-state index >= 15 is 0 Å². The van der Waals surface area contributed by atoms with E-state index in [1.807, 2.05) is 37.4 Å². The van der Waals surface area contributed by atoms with Gasteiger partial charge in [0.15, 0.2) is 0 Å². The fraction of sp³-hybridized carbons (Fsp3) is 0.500. The molecule has 1 fully saturated rings. The largest absolute Gasteiger partial charge is 0.355 e. The van der Waals surface area contributed by atoms with Crippen LogP contribution in [0.1, 0.15) is 13.3 Å². The molecule has 0 aliphatic carbocycles. The van der Waals surface area contributed by atoms with Crippen molar-refractivity contribution < 1.29 is 9.59 Å². The highest BCUT2D eigenvalue weighted by Gasteiger charge is 2.34. The summed E-state index contributed by atoms with van der Waals surface area (Å²) < 4.78 is 0. The number of benzene rings is 1. The fourth-order valence-corrected chi connectivity index (χ4v) is 2.41. The van der Waals surface area contributed by atoms with Crippen molar-refractivity contribution in [2.45, 2.75) is 13.3 Å². The van der Waals surface area contributed by atoms with Crippen molar-refractivity contribution in [2.24, 2.45) is 5.92 Å². The smallest absolute Gasteiger partial charge is 0.227 e. The van der Waals surface area contributed by atoms with E-state index in [0.29, 0.717) is 19.5 Å². The predicted octanol–water partition coefficient (Wildman–Crippen LogP) is 1.11. The number of carbonyl (C=O) groups excluding carboxylic acids is 2. The van der Waals surface area contributed by atoms with Crippen LogP contribution >= 0.6 is 0 Å². The third kappa shape index (κ3) is 4.04. The highest BCUT2D eigenvalue weighted by atomic mass is 16.2. The third-order valence-corrected chi connectivity index (χ3v) is 3.90. The number of nitrogens with one attached hydrogen (secondary N) is 1. The summed E-state index contributed by atoms with van der Waals surface area (Å²) in [5, 5.41) is 2.92. The molecule has 1 aliphatic rings. The van der Waals surface area contributed by atoms with E-state index in [1.165, 1.54) is 0 Å². The van der Waals surface area contributed by atoms with Crippen LogP contribution in [0.4, 0.5) is 5.69 Å². The summed E-state index contributed by atoms with van der Waals surface area (Å²) in [5.74, 6) is -0.247. The first-order valence-corrected chi connectivity index (χ1v) is 7.43. The molecule has 1 atom stereocenters. The highest BCUT2D eigenvalue weighted by molar-refractivity contribution is 6.00. The van der Waals surface area contributed by atoms with Gasteiger partial charge in [0, 0.05) is 31.7 Å². The number of rotatable bonds is 6. The number of amides is 2. The average molecular weight is 289 g/mol. The van der Waals surface area contributed by atoms with Gasteiger partial charge < -0.3 is 15.1 Å². The Morgan fingerprint density at radius 3 is 2.76 bits per heavy atom. The van der Waals surface area contributed by atoms with Crippen LogP contribution in [0.5, 0.6) is 0 Å². The van der Waals surface area contributed by atoms with E-state index in [9.17, 15) is 9.59 Å². The van der Waals surface area contributed by atoms with Crippen molar-refractivity contribution in [2.75, 3.05) is 38.1 Å². The maximum atomic E-state index is 12.1. The molecule has 1 saturated heterocycles. The normalized spacial score (nSPS) is 18.3. The van der Waals surface area contributed by atoms with E-state index in [2.05, 4.69) is 17.1 Å². The minimum absolute atomic E-state index is 0.0204. The molecular formula is C16H23N3O2. The summed E-state index contributed by atoms with van der Waals surface area (Å²) in [6, 6.07) is 9.51. The summed E-state index contributed by atoms with van der Waals surface area (Å²) in [5.41, 5.74) is 0.864. The van der Waals surface area contributed by atoms with E-state index in [1.54, 1.807) is 4.90 Å². The van der Waals surface area contributed by atoms with Gasteiger partial charge in [0.25, 0.3) is 0 Å². The van der Waals surface area contributed by atoms with Crippen LogP contribution in [0.15, 0.2) is 30.3 Å². The van der Waals surface area contributed by atoms with Crippen molar-refractivity contribution in [1.29, 1.82) is 0 Å². The van der Waals surface area contributed by atoms with Gasteiger partial charge in [-0.2, -0.15) is 0 Å². The molecule has 1 heterocycles. The lowest BCUT2D eigenvalue weighted by atomic mass is 10.1. The van der Waals surface area contributed by atoms with Crippen LogP contribution < -0.4 is 10.2 Å². The highest BCUT2D eigenvalue weighted by Crippen LogP contribution is 2.24. The Morgan fingerprint density at radius 1 is 1.38 bits per heavy atom. The van der Waals surface area contributed by atoms with E-state index in [-0.39, 0.29) is 17.7 Å². The first kappa shape index (κ1) is 15.5. The zero-order valence-electron chi connectivity index (χ0n) is 12.7. The second-order valence-corrected chi connectivity index (χ2v) is 5.43. The predicted molar refractivity (Wildman–Crippen MR) is 83.1 cm³/mol. The molecule has 2 rings (SSSR count). The maximum absolute atomic E-state index is 12.1. The van der Waals surface area contributed by atoms with Crippen molar-refractivity contribution in [3.63, 3.8) is 0 Å². The molecule has 1 N–H and O–H groups in total. The number of carbonyl (C=O) groups is 2. The van der Waals surface area contributed by atoms with Crippen LogP contribution in [0.2, 0.25) is 0 Å². The number of hydrogen-bond acceptors (Lipinski definition) is 3. The second kappa shape index (κ2) is 7.22. The number of para-hydroxylation sites is 1. The van der Waals surface area contributed by atoms with Gasteiger partial charge in [0.05, 0.1) is 5.92 Å². The van der Waals surface area contributed by atoms with Gasteiger partial charge in [-0.25, -0.2) is 0 Å². The lowest BCUT2D eigenvalue weighted by molar-refractivity contribution is -0.126. The molecule has 1 aromatic carbocycles. The van der Waals surface area contributed by atoms with Crippen LogP contribution in [0.25, 0.3) is 0 Å². The Labute approximate surface area is 125 Å². The summed E-state index contributed by atoms with van der Waals surface area (Å²) >= 11 is 0. The van der Waals surface area contributed by atoms with Crippen LogP contribution in [-0.4, -0.2) is 49.9 Å². The molecule has 1 aromatic rings. The van der Waals surface area contributed by atoms with Gasteiger partial charge in [-0.3, -0.25) is 9.59 Å². The molecule has 2 amide bonds. The van der Waals surface area contributed by atoms with E-state index in [0.717, 1.165) is 18.8 Å². The SMILES string of the molecule is CCN(C)CCNC(=O)C1CC(=O)N(c2ccccc2)C1. The van der Waals surface area contributed by atoms with Crippen molar-refractivity contribution in [3.05, 3.63) is 30.3 Å². The Bertz CT molecular complexity index is 490. The number of likely N-dealkylation sites (N-methyl/N-ethyl adjacent to an activating group) is 1. The molecule has 0 radical (unpaired) electrons. The number of anilines is 1. The molecule has 0 saturated carbocycles. The van der Waals surface area contributed by atoms with Gasteiger partial charge in [0.2, 0.25) is 11.8 Å². The molecule has 1 unspecified atom stereocenters. The molecule has 21 heavy (non-hydrogen) atoms. The minimum Gasteiger partial charge on any atom is -0.355 e. The van der Waals surface area contributed by atoms with Crippen LogP contribution in [0, 0.1) is 5.92 Å². The minimum atomic E-state index is -0.246. The summed E-state index contributed by atoms with van der Waals surface area (Å²) in [7, 11) is 2.02. The van der Waals surface area contributed by atoms with Gasteiger partial charge in [0.1, 0.15) is 0 Å². The lowest BCUT2D eigenvalue weighted by Gasteiger charge is -2.17. The van der Waals surface area contributed by atoms with Gasteiger partial charge >= 0.3 is 0 Å². The molecular weight excluding hydrogens is 266 g/mol. The topological polar surface area (TPSA) is 52.7 Å². The molecule has 1 aliphatic heterocycles. The summed E-state index contributed by atoms with van der Waals surface area (Å²) in [6.07, 6.45) is 0.296. The average Bonchev–Trinajstić information content (AvgIpc) is 2.90. The number of nitrogens with zero attached hydrogens (tertiary/aromatic N) is 2. The Kier molecular flexibility index (Phi) is 5.33. The molecule has 0 spiro atoms. The van der Waals surface area contributed by atoms with E-state index in [4.69, 9.17) is 0 Å². The Morgan fingerprint density at radius 2 is 2.10 bits per heavy atom.